The van der Waals surface area contributed by atoms with Crippen molar-refractivity contribution in [2.45, 2.75) is 65.2 Å². The second-order valence-corrected chi connectivity index (χ2v) is 8.92. The Labute approximate surface area is 180 Å². The highest BCUT2D eigenvalue weighted by atomic mass is 16.7. The number of amides is 1. The molecule has 158 valence electrons. The Hall–Kier alpha value is -2.37. The van der Waals surface area contributed by atoms with Gasteiger partial charge in [-0.2, -0.15) is 0 Å². The molecule has 4 nitrogen and oxygen atoms in total. The van der Waals surface area contributed by atoms with Crippen LogP contribution in [0.2, 0.25) is 0 Å². The molecule has 1 saturated heterocycles. The van der Waals surface area contributed by atoms with Crippen molar-refractivity contribution in [3.63, 3.8) is 0 Å². The molecule has 2 aromatic carbocycles. The first-order chi connectivity index (χ1) is 14.1. The Morgan fingerprint density at radius 3 is 2.10 bits per heavy atom. The van der Waals surface area contributed by atoms with E-state index in [1.54, 1.807) is 0 Å². The van der Waals surface area contributed by atoms with Crippen LogP contribution < -0.4 is 5.32 Å². The topological polar surface area (TPSA) is 47.6 Å². The maximum Gasteiger partial charge on any atom is 0.491 e. The summed E-state index contributed by atoms with van der Waals surface area (Å²) in [5.74, 6) is -0.556. The molecule has 0 aliphatic carbocycles. The Morgan fingerprint density at radius 1 is 1.00 bits per heavy atom. The molecule has 1 fully saturated rings. The van der Waals surface area contributed by atoms with E-state index in [0.717, 1.165) is 22.2 Å². The maximum atomic E-state index is 13.4. The Bertz CT molecular complexity index is 888. The Balaban J connectivity index is 1.90. The quantitative estimate of drug-likeness (QED) is 0.690. The minimum Gasteiger partial charge on any atom is -0.400 e. The van der Waals surface area contributed by atoms with Gasteiger partial charge < -0.3 is 14.6 Å². The first-order valence-electron chi connectivity index (χ1n) is 10.5. The molecule has 1 unspecified atom stereocenters. The number of rotatable bonds is 6. The van der Waals surface area contributed by atoms with Crippen molar-refractivity contribution in [2.24, 2.45) is 0 Å². The Morgan fingerprint density at radius 2 is 1.57 bits per heavy atom. The average molecular weight is 405 g/mol. The van der Waals surface area contributed by atoms with Crippen molar-refractivity contribution in [3.05, 3.63) is 82.8 Å². The highest BCUT2D eigenvalue weighted by Gasteiger charge is 2.53. The van der Waals surface area contributed by atoms with Crippen LogP contribution in [0.25, 0.3) is 0 Å². The first-order valence-corrected chi connectivity index (χ1v) is 10.5. The standard InChI is InChI=1S/C25H32BNO3/c1-7-21(26-29-24(3,4)25(5,6)30-26)22(20-15-13-18(2)14-16-20)23(28)27-17-19-11-9-8-10-12-19/h7-16,22H,17H2,1-6H3,(H,27,28)/b21-7+. The minimum absolute atomic E-state index is 0.0643. The third-order valence-corrected chi connectivity index (χ3v) is 6.17. The normalized spacial score (nSPS) is 18.9. The molecule has 1 amide bonds. The molecule has 5 heteroatoms. The van der Waals surface area contributed by atoms with Crippen molar-refractivity contribution in [2.75, 3.05) is 0 Å². The van der Waals surface area contributed by atoms with Gasteiger partial charge in [0.2, 0.25) is 5.91 Å². The lowest BCUT2D eigenvalue weighted by Gasteiger charge is -2.32. The zero-order valence-corrected chi connectivity index (χ0v) is 18.9. The summed E-state index contributed by atoms with van der Waals surface area (Å²) in [4.78, 5) is 13.4. The van der Waals surface area contributed by atoms with Crippen LogP contribution in [-0.2, 0) is 20.6 Å². The van der Waals surface area contributed by atoms with Crippen LogP contribution in [0.5, 0.6) is 0 Å². The predicted molar refractivity (Wildman–Crippen MR) is 122 cm³/mol. The van der Waals surface area contributed by atoms with Gasteiger partial charge in [0.1, 0.15) is 0 Å². The summed E-state index contributed by atoms with van der Waals surface area (Å²) < 4.78 is 12.6. The molecule has 1 atom stereocenters. The van der Waals surface area contributed by atoms with Crippen LogP contribution in [0.4, 0.5) is 0 Å². The number of carbonyl (C=O) groups excluding carboxylic acids is 1. The van der Waals surface area contributed by atoms with Gasteiger partial charge >= 0.3 is 7.12 Å². The number of hydrogen-bond acceptors (Lipinski definition) is 3. The number of nitrogens with one attached hydrogen (secondary N) is 1. The van der Waals surface area contributed by atoms with Gasteiger partial charge in [-0.25, -0.2) is 0 Å². The van der Waals surface area contributed by atoms with E-state index in [1.807, 2.05) is 102 Å². The van der Waals surface area contributed by atoms with Crippen LogP contribution in [0.1, 0.15) is 57.2 Å². The molecule has 0 bridgehead atoms. The summed E-state index contributed by atoms with van der Waals surface area (Å²) in [7, 11) is -0.575. The summed E-state index contributed by atoms with van der Waals surface area (Å²) >= 11 is 0. The molecule has 1 aliphatic rings. The second kappa shape index (κ2) is 8.79. The van der Waals surface area contributed by atoms with Crippen LogP contribution in [0, 0.1) is 6.92 Å². The minimum atomic E-state index is -0.575. The lowest BCUT2D eigenvalue weighted by Crippen LogP contribution is -2.41. The molecule has 1 N–H and O–H groups in total. The van der Waals surface area contributed by atoms with Crippen molar-refractivity contribution in [1.29, 1.82) is 0 Å². The summed E-state index contributed by atoms with van der Waals surface area (Å²) in [5.41, 5.74) is 3.03. The van der Waals surface area contributed by atoms with Gasteiger partial charge in [-0.15, -0.1) is 0 Å². The fourth-order valence-corrected chi connectivity index (χ4v) is 3.56. The van der Waals surface area contributed by atoms with Crippen LogP contribution in [0.3, 0.4) is 0 Å². The zero-order valence-electron chi connectivity index (χ0n) is 18.9. The molecule has 0 saturated carbocycles. The fraction of sp³-hybridized carbons (Fsp3) is 0.400. The molecular weight excluding hydrogens is 373 g/mol. The van der Waals surface area contributed by atoms with Gasteiger partial charge in [-0.3, -0.25) is 4.79 Å². The molecule has 30 heavy (non-hydrogen) atoms. The molecule has 1 aliphatic heterocycles. The summed E-state index contributed by atoms with van der Waals surface area (Å²) in [6.45, 7) is 12.5. The second-order valence-electron chi connectivity index (χ2n) is 8.92. The first kappa shape index (κ1) is 22.3. The Kier molecular flexibility index (Phi) is 6.54. The molecule has 0 spiro atoms. The third-order valence-electron chi connectivity index (χ3n) is 6.17. The van der Waals surface area contributed by atoms with E-state index in [2.05, 4.69) is 5.32 Å². The zero-order chi connectivity index (χ0) is 21.9. The molecule has 2 aromatic rings. The highest BCUT2D eigenvalue weighted by molar-refractivity contribution is 6.55. The van der Waals surface area contributed by atoms with Crippen LogP contribution >= 0.6 is 0 Å². The van der Waals surface area contributed by atoms with E-state index in [0.29, 0.717) is 6.54 Å². The van der Waals surface area contributed by atoms with Crippen molar-refractivity contribution in [3.8, 4) is 0 Å². The van der Waals surface area contributed by atoms with Crippen LogP contribution in [0.15, 0.2) is 66.1 Å². The monoisotopic (exact) mass is 405 g/mol. The summed E-state index contributed by atoms with van der Waals surface area (Å²) in [6, 6.07) is 18.0. The van der Waals surface area contributed by atoms with Crippen molar-refractivity contribution < 1.29 is 14.1 Å². The van der Waals surface area contributed by atoms with E-state index in [1.165, 1.54) is 0 Å². The molecule has 1 heterocycles. The van der Waals surface area contributed by atoms with Gasteiger partial charge in [-0.05, 0) is 58.1 Å². The maximum absolute atomic E-state index is 13.4. The van der Waals surface area contributed by atoms with Gasteiger partial charge in [0.05, 0.1) is 17.1 Å². The smallest absolute Gasteiger partial charge is 0.400 e. The van der Waals surface area contributed by atoms with Gasteiger partial charge in [0.25, 0.3) is 0 Å². The van der Waals surface area contributed by atoms with E-state index in [9.17, 15) is 4.79 Å². The predicted octanol–water partition coefficient (Wildman–Crippen LogP) is 4.97. The summed E-state index contributed by atoms with van der Waals surface area (Å²) in [6.07, 6.45) is 1.95. The van der Waals surface area contributed by atoms with E-state index < -0.39 is 24.2 Å². The number of aryl methyl sites for hydroxylation is 1. The van der Waals surface area contributed by atoms with Crippen molar-refractivity contribution >= 4 is 13.0 Å². The molecule has 0 aromatic heterocycles. The third kappa shape index (κ3) is 4.68. The summed E-state index contributed by atoms with van der Waals surface area (Å²) in [5, 5.41) is 3.10. The average Bonchev–Trinajstić information content (AvgIpc) is 2.92. The largest absolute Gasteiger partial charge is 0.491 e. The molecule has 3 rings (SSSR count). The van der Waals surface area contributed by atoms with E-state index in [-0.39, 0.29) is 5.91 Å². The number of hydrogen-bond donors (Lipinski definition) is 1. The van der Waals surface area contributed by atoms with E-state index >= 15 is 0 Å². The highest BCUT2D eigenvalue weighted by Crippen LogP contribution is 2.41. The molecule has 0 radical (unpaired) electrons. The van der Waals surface area contributed by atoms with E-state index in [4.69, 9.17) is 9.31 Å². The van der Waals surface area contributed by atoms with Crippen LogP contribution in [-0.4, -0.2) is 24.2 Å². The lowest BCUT2D eigenvalue weighted by molar-refractivity contribution is -0.121. The number of allylic oxidation sites excluding steroid dienone is 1. The lowest BCUT2D eigenvalue weighted by atomic mass is 9.68. The number of benzene rings is 2. The number of carbonyl (C=O) groups is 1. The van der Waals surface area contributed by atoms with Gasteiger partial charge in [-0.1, -0.05) is 66.2 Å². The fourth-order valence-electron chi connectivity index (χ4n) is 3.56. The van der Waals surface area contributed by atoms with Gasteiger partial charge in [0, 0.05) is 6.54 Å². The molecular formula is C25H32BNO3. The SMILES string of the molecule is C/C=C(/B1OC(C)(C)C(C)(C)O1)C(C(=O)NCc1ccccc1)c1ccc(C)cc1. The van der Waals surface area contributed by atoms with Gasteiger partial charge in [0.15, 0.2) is 0 Å². The van der Waals surface area contributed by atoms with Crippen molar-refractivity contribution in [1.82, 2.24) is 5.32 Å².